The van der Waals surface area contributed by atoms with Gasteiger partial charge in [-0.3, -0.25) is 0 Å². The minimum atomic E-state index is -4.65. The van der Waals surface area contributed by atoms with Crippen LogP contribution in [0.1, 0.15) is 49.4 Å². The molecular formula is C18H15ClF3N3S. The molecule has 1 aromatic carbocycles. The number of halogens is 4. The summed E-state index contributed by atoms with van der Waals surface area (Å²) < 4.78 is 39.5. The van der Waals surface area contributed by atoms with Gasteiger partial charge in [-0.15, -0.1) is 11.3 Å². The van der Waals surface area contributed by atoms with Gasteiger partial charge in [-0.2, -0.15) is 13.2 Å². The fraction of sp³-hybridized carbons (Fsp3) is 0.389. The maximum atomic E-state index is 13.2. The van der Waals surface area contributed by atoms with Crippen molar-refractivity contribution in [3.8, 4) is 10.6 Å². The van der Waals surface area contributed by atoms with E-state index >= 15 is 0 Å². The second-order valence-corrected chi connectivity index (χ2v) is 7.66. The fourth-order valence-electron chi connectivity index (χ4n) is 3.40. The minimum absolute atomic E-state index is 0.175. The highest BCUT2D eigenvalue weighted by atomic mass is 35.5. The number of benzene rings is 1. The normalized spacial score (nSPS) is 16.3. The second-order valence-electron chi connectivity index (χ2n) is 6.45. The SMILES string of the molecule is FC(F)(F)c1nc2c(-c3nc(C4CCCCC4)cs3)cccc2nc1Cl. The number of hydrogen-bond donors (Lipinski definition) is 0. The molecule has 0 spiro atoms. The monoisotopic (exact) mass is 397 g/mol. The van der Waals surface area contributed by atoms with Crippen LogP contribution in [0.15, 0.2) is 23.6 Å². The smallest absolute Gasteiger partial charge is 0.241 e. The molecule has 0 radical (unpaired) electrons. The first-order valence-electron chi connectivity index (χ1n) is 8.43. The highest BCUT2D eigenvalue weighted by Crippen LogP contribution is 2.38. The Morgan fingerprint density at radius 3 is 2.54 bits per heavy atom. The van der Waals surface area contributed by atoms with E-state index in [1.807, 2.05) is 5.38 Å². The molecule has 1 aliphatic carbocycles. The predicted octanol–water partition coefficient (Wildman–Crippen LogP) is 6.47. The van der Waals surface area contributed by atoms with Gasteiger partial charge in [0.05, 0.1) is 16.7 Å². The Balaban J connectivity index is 1.80. The number of para-hydroxylation sites is 1. The highest BCUT2D eigenvalue weighted by Gasteiger charge is 2.36. The van der Waals surface area contributed by atoms with Crippen LogP contribution in [0.2, 0.25) is 5.15 Å². The first-order chi connectivity index (χ1) is 12.4. The molecular weight excluding hydrogens is 383 g/mol. The molecule has 1 aliphatic rings. The summed E-state index contributed by atoms with van der Waals surface area (Å²) in [5, 5.41) is 2.04. The summed E-state index contributed by atoms with van der Waals surface area (Å²) in [6, 6.07) is 5.07. The van der Waals surface area contributed by atoms with E-state index in [0.29, 0.717) is 22.0 Å². The maximum absolute atomic E-state index is 13.2. The minimum Gasteiger partial charge on any atom is -0.241 e. The van der Waals surface area contributed by atoms with Gasteiger partial charge in [0.25, 0.3) is 0 Å². The van der Waals surface area contributed by atoms with E-state index in [0.717, 1.165) is 18.5 Å². The lowest BCUT2D eigenvalue weighted by Crippen LogP contribution is -2.10. The van der Waals surface area contributed by atoms with Crippen molar-refractivity contribution in [1.82, 2.24) is 15.0 Å². The molecule has 1 saturated carbocycles. The molecule has 0 atom stereocenters. The number of nitrogens with zero attached hydrogens (tertiary/aromatic N) is 3. The Morgan fingerprint density at radius 1 is 1.04 bits per heavy atom. The van der Waals surface area contributed by atoms with Crippen molar-refractivity contribution in [2.45, 2.75) is 44.2 Å². The Kier molecular flexibility index (Phi) is 4.61. The van der Waals surface area contributed by atoms with E-state index in [4.69, 9.17) is 16.6 Å². The van der Waals surface area contributed by atoms with Crippen molar-refractivity contribution in [1.29, 1.82) is 0 Å². The molecule has 8 heteroatoms. The quantitative estimate of drug-likeness (QED) is 0.497. The average molecular weight is 398 g/mol. The first kappa shape index (κ1) is 17.7. The van der Waals surface area contributed by atoms with Crippen LogP contribution in [0.4, 0.5) is 13.2 Å². The van der Waals surface area contributed by atoms with Crippen LogP contribution in [-0.2, 0) is 6.18 Å². The van der Waals surface area contributed by atoms with Crippen molar-refractivity contribution in [2.75, 3.05) is 0 Å². The van der Waals surface area contributed by atoms with E-state index in [1.165, 1.54) is 30.6 Å². The van der Waals surface area contributed by atoms with E-state index in [9.17, 15) is 13.2 Å². The zero-order chi connectivity index (χ0) is 18.3. The summed E-state index contributed by atoms with van der Waals surface area (Å²) >= 11 is 7.12. The van der Waals surface area contributed by atoms with Crippen molar-refractivity contribution >= 4 is 34.0 Å². The Labute approximate surface area is 157 Å². The summed E-state index contributed by atoms with van der Waals surface area (Å²) in [7, 11) is 0. The van der Waals surface area contributed by atoms with Crippen molar-refractivity contribution in [3.63, 3.8) is 0 Å². The van der Waals surface area contributed by atoms with Gasteiger partial charge in [-0.05, 0) is 25.0 Å². The van der Waals surface area contributed by atoms with E-state index < -0.39 is 17.0 Å². The summed E-state index contributed by atoms with van der Waals surface area (Å²) in [6.45, 7) is 0. The molecule has 0 bridgehead atoms. The number of hydrogen-bond acceptors (Lipinski definition) is 4. The molecule has 2 aromatic heterocycles. The van der Waals surface area contributed by atoms with Crippen LogP contribution in [0, 0.1) is 0 Å². The van der Waals surface area contributed by atoms with Crippen LogP contribution < -0.4 is 0 Å². The molecule has 3 aromatic rings. The van der Waals surface area contributed by atoms with Gasteiger partial charge in [-0.25, -0.2) is 15.0 Å². The van der Waals surface area contributed by atoms with E-state index in [2.05, 4.69) is 9.97 Å². The molecule has 3 nitrogen and oxygen atoms in total. The largest absolute Gasteiger partial charge is 0.436 e. The van der Waals surface area contributed by atoms with E-state index in [1.54, 1.807) is 18.2 Å². The first-order valence-corrected chi connectivity index (χ1v) is 9.68. The molecule has 0 aliphatic heterocycles. The van der Waals surface area contributed by atoms with Crippen LogP contribution in [-0.4, -0.2) is 15.0 Å². The molecule has 136 valence electrons. The summed E-state index contributed by atoms with van der Waals surface area (Å²) in [5.74, 6) is 0.440. The van der Waals surface area contributed by atoms with Gasteiger partial charge >= 0.3 is 6.18 Å². The highest BCUT2D eigenvalue weighted by molar-refractivity contribution is 7.13. The lowest BCUT2D eigenvalue weighted by molar-refractivity contribution is -0.141. The maximum Gasteiger partial charge on any atom is 0.436 e. The molecule has 0 N–H and O–H groups in total. The molecule has 0 saturated heterocycles. The zero-order valence-corrected chi connectivity index (χ0v) is 15.3. The summed E-state index contributed by atoms with van der Waals surface area (Å²) in [4.78, 5) is 12.4. The van der Waals surface area contributed by atoms with Crippen molar-refractivity contribution in [3.05, 3.63) is 40.1 Å². The molecule has 1 fully saturated rings. The standard InChI is InChI=1S/C18H15ClF3N3S/c19-16-15(18(20,21)22)25-14-11(7-4-8-12(14)23-16)17-24-13(9-26-17)10-5-2-1-3-6-10/h4,7-10H,1-3,5-6H2. The van der Waals surface area contributed by atoms with Crippen LogP contribution in [0.5, 0.6) is 0 Å². The number of thiazole rings is 1. The van der Waals surface area contributed by atoms with Gasteiger partial charge < -0.3 is 0 Å². The molecule has 4 rings (SSSR count). The third-order valence-electron chi connectivity index (χ3n) is 4.70. The third-order valence-corrected chi connectivity index (χ3v) is 5.85. The Hall–Kier alpha value is -1.73. The van der Waals surface area contributed by atoms with Gasteiger partial charge in [0.2, 0.25) is 0 Å². The van der Waals surface area contributed by atoms with Gasteiger partial charge in [0, 0.05) is 16.9 Å². The lowest BCUT2D eigenvalue weighted by atomic mass is 9.87. The van der Waals surface area contributed by atoms with Gasteiger partial charge in [0.1, 0.15) is 5.01 Å². The van der Waals surface area contributed by atoms with Gasteiger partial charge in [0.15, 0.2) is 10.8 Å². The fourth-order valence-corrected chi connectivity index (χ4v) is 4.57. The number of alkyl halides is 3. The molecule has 0 unspecified atom stereocenters. The molecule has 26 heavy (non-hydrogen) atoms. The summed E-state index contributed by atoms with van der Waals surface area (Å²) in [6.07, 6.45) is 1.24. The second kappa shape index (κ2) is 6.78. The van der Waals surface area contributed by atoms with Crippen molar-refractivity contribution < 1.29 is 13.2 Å². The van der Waals surface area contributed by atoms with Crippen LogP contribution >= 0.6 is 22.9 Å². The van der Waals surface area contributed by atoms with E-state index in [-0.39, 0.29) is 5.52 Å². The number of fused-ring (bicyclic) bond motifs is 1. The summed E-state index contributed by atoms with van der Waals surface area (Å²) in [5.41, 5.74) is 0.927. The topological polar surface area (TPSA) is 38.7 Å². The lowest BCUT2D eigenvalue weighted by Gasteiger charge is -2.19. The number of aromatic nitrogens is 3. The van der Waals surface area contributed by atoms with Gasteiger partial charge in [-0.1, -0.05) is 36.9 Å². The van der Waals surface area contributed by atoms with Crippen molar-refractivity contribution in [2.24, 2.45) is 0 Å². The molecule has 0 amide bonds. The average Bonchev–Trinajstić information content (AvgIpc) is 3.10. The predicted molar refractivity (Wildman–Crippen MR) is 96.5 cm³/mol. The Bertz CT molecular complexity index is 948. The zero-order valence-electron chi connectivity index (χ0n) is 13.7. The Morgan fingerprint density at radius 2 is 1.81 bits per heavy atom. The number of rotatable bonds is 2. The molecule has 2 heterocycles. The van der Waals surface area contributed by atoms with Crippen LogP contribution in [0.25, 0.3) is 21.6 Å². The third kappa shape index (κ3) is 3.30. The van der Waals surface area contributed by atoms with Crippen LogP contribution in [0.3, 0.4) is 0 Å².